The zero-order chi connectivity index (χ0) is 12.5. The quantitative estimate of drug-likeness (QED) is 0.829. The summed E-state index contributed by atoms with van der Waals surface area (Å²) in [5.74, 6) is 2.23. The van der Waals surface area contributed by atoms with Crippen LogP contribution in [0.1, 0.15) is 5.82 Å². The van der Waals surface area contributed by atoms with Crippen molar-refractivity contribution in [1.29, 1.82) is 0 Å². The Morgan fingerprint density at radius 2 is 2.17 bits per heavy atom. The number of hydrogen-bond donors (Lipinski definition) is 0. The van der Waals surface area contributed by atoms with Crippen LogP contribution in [0.5, 0.6) is 0 Å². The normalized spacial score (nSPS) is 15.8. The maximum absolute atomic E-state index is 12.8. The number of nitrogens with zero attached hydrogens (tertiary/aromatic N) is 4. The van der Waals surface area contributed by atoms with Crippen LogP contribution in [0.25, 0.3) is 0 Å². The second kappa shape index (κ2) is 4.40. The lowest BCUT2D eigenvalue weighted by molar-refractivity contribution is 0.352. The molecule has 0 N–H and O–H groups in total. The molecule has 0 atom stereocenters. The van der Waals surface area contributed by atoms with Crippen molar-refractivity contribution in [1.82, 2.24) is 14.5 Å². The molecule has 0 unspecified atom stereocenters. The highest BCUT2D eigenvalue weighted by Gasteiger charge is 2.28. The standard InChI is InChI=1S/C13H15FN4/c1-10-15-4-5-17(10)7-11-8-18(9-11)13-3-2-12(14)6-16-13/h2-6,11H,7-9H2,1H3. The first-order valence-corrected chi connectivity index (χ1v) is 6.06. The van der Waals surface area contributed by atoms with Gasteiger partial charge in [0.15, 0.2) is 0 Å². The van der Waals surface area contributed by atoms with Crippen LogP contribution in [0.2, 0.25) is 0 Å². The van der Waals surface area contributed by atoms with Crippen LogP contribution in [0, 0.1) is 18.7 Å². The Bertz CT molecular complexity index is 528. The van der Waals surface area contributed by atoms with Crippen molar-refractivity contribution in [3.63, 3.8) is 0 Å². The molecule has 3 rings (SSSR count). The van der Waals surface area contributed by atoms with Gasteiger partial charge in [-0.3, -0.25) is 0 Å². The number of imidazole rings is 1. The summed E-state index contributed by atoms with van der Waals surface area (Å²) < 4.78 is 14.9. The fourth-order valence-electron chi connectivity index (χ4n) is 2.30. The predicted molar refractivity (Wildman–Crippen MR) is 66.9 cm³/mol. The van der Waals surface area contributed by atoms with Gasteiger partial charge in [0.2, 0.25) is 0 Å². The van der Waals surface area contributed by atoms with Crippen LogP contribution in [0.4, 0.5) is 10.2 Å². The van der Waals surface area contributed by atoms with Crippen molar-refractivity contribution in [2.45, 2.75) is 13.5 Å². The van der Waals surface area contributed by atoms with Crippen LogP contribution in [0.15, 0.2) is 30.7 Å². The minimum Gasteiger partial charge on any atom is -0.356 e. The van der Waals surface area contributed by atoms with Crippen molar-refractivity contribution in [3.05, 3.63) is 42.4 Å². The number of rotatable bonds is 3. The van der Waals surface area contributed by atoms with E-state index in [1.54, 1.807) is 6.07 Å². The van der Waals surface area contributed by atoms with Crippen molar-refractivity contribution in [2.24, 2.45) is 5.92 Å². The van der Waals surface area contributed by atoms with Gasteiger partial charge in [-0.2, -0.15) is 0 Å². The van der Waals surface area contributed by atoms with E-state index in [0.29, 0.717) is 5.92 Å². The van der Waals surface area contributed by atoms with Gasteiger partial charge in [0.25, 0.3) is 0 Å². The lowest BCUT2D eigenvalue weighted by atomic mass is 10.00. The number of hydrogen-bond acceptors (Lipinski definition) is 3. The van der Waals surface area contributed by atoms with Gasteiger partial charge in [0.1, 0.15) is 17.5 Å². The predicted octanol–water partition coefficient (Wildman–Crippen LogP) is 1.86. The van der Waals surface area contributed by atoms with Gasteiger partial charge in [-0.1, -0.05) is 0 Å². The molecular weight excluding hydrogens is 231 g/mol. The maximum atomic E-state index is 12.8. The molecule has 1 saturated heterocycles. The molecule has 3 heterocycles. The number of aromatic nitrogens is 3. The average molecular weight is 246 g/mol. The van der Waals surface area contributed by atoms with E-state index in [4.69, 9.17) is 0 Å². The average Bonchev–Trinajstić information content (AvgIpc) is 2.71. The van der Waals surface area contributed by atoms with Gasteiger partial charge in [-0.05, 0) is 19.1 Å². The summed E-state index contributed by atoms with van der Waals surface area (Å²) >= 11 is 0. The van der Waals surface area contributed by atoms with E-state index in [1.807, 2.05) is 19.3 Å². The van der Waals surface area contributed by atoms with Gasteiger partial charge in [-0.15, -0.1) is 0 Å². The molecule has 18 heavy (non-hydrogen) atoms. The minimum absolute atomic E-state index is 0.287. The Hall–Kier alpha value is -1.91. The molecule has 4 nitrogen and oxygen atoms in total. The van der Waals surface area contributed by atoms with Crippen LogP contribution in [-0.2, 0) is 6.54 Å². The molecular formula is C13H15FN4. The molecule has 0 spiro atoms. The first-order chi connectivity index (χ1) is 8.72. The third-order valence-electron chi connectivity index (χ3n) is 3.37. The van der Waals surface area contributed by atoms with E-state index in [0.717, 1.165) is 31.3 Å². The maximum Gasteiger partial charge on any atom is 0.141 e. The Morgan fingerprint density at radius 1 is 1.33 bits per heavy atom. The highest BCUT2D eigenvalue weighted by molar-refractivity contribution is 5.41. The largest absolute Gasteiger partial charge is 0.356 e. The molecule has 0 aliphatic carbocycles. The summed E-state index contributed by atoms with van der Waals surface area (Å²) in [6.45, 7) is 4.94. The summed E-state index contributed by atoms with van der Waals surface area (Å²) in [7, 11) is 0. The Labute approximate surface area is 105 Å². The van der Waals surface area contributed by atoms with Crippen LogP contribution >= 0.6 is 0 Å². The fourth-order valence-corrected chi connectivity index (χ4v) is 2.30. The number of pyridine rings is 1. The summed E-state index contributed by atoms with van der Waals surface area (Å²) in [6, 6.07) is 3.18. The van der Waals surface area contributed by atoms with E-state index in [9.17, 15) is 4.39 Å². The molecule has 0 amide bonds. The van der Waals surface area contributed by atoms with E-state index in [-0.39, 0.29) is 5.82 Å². The Balaban J connectivity index is 1.57. The van der Waals surface area contributed by atoms with Crippen LogP contribution in [0.3, 0.4) is 0 Å². The Kier molecular flexibility index (Phi) is 2.74. The second-order valence-electron chi connectivity index (χ2n) is 4.73. The SMILES string of the molecule is Cc1nccn1CC1CN(c2ccc(F)cn2)C1. The van der Waals surface area contributed by atoms with Gasteiger partial charge in [0.05, 0.1) is 6.20 Å². The number of halogens is 1. The summed E-state index contributed by atoms with van der Waals surface area (Å²) in [4.78, 5) is 10.5. The van der Waals surface area contributed by atoms with Crippen LogP contribution < -0.4 is 4.90 Å². The third kappa shape index (κ3) is 2.08. The lowest BCUT2D eigenvalue weighted by Crippen LogP contribution is -2.49. The summed E-state index contributed by atoms with van der Waals surface area (Å²) in [6.07, 6.45) is 5.10. The molecule has 2 aromatic rings. The van der Waals surface area contributed by atoms with E-state index >= 15 is 0 Å². The third-order valence-corrected chi connectivity index (χ3v) is 3.37. The summed E-state index contributed by atoms with van der Waals surface area (Å²) in [5.41, 5.74) is 0. The van der Waals surface area contributed by atoms with Gasteiger partial charge < -0.3 is 9.47 Å². The zero-order valence-electron chi connectivity index (χ0n) is 10.3. The molecule has 1 fully saturated rings. The smallest absolute Gasteiger partial charge is 0.141 e. The number of anilines is 1. The molecule has 1 aliphatic rings. The second-order valence-corrected chi connectivity index (χ2v) is 4.73. The lowest BCUT2D eigenvalue weighted by Gasteiger charge is -2.40. The van der Waals surface area contributed by atoms with E-state index < -0.39 is 0 Å². The number of aryl methyl sites for hydroxylation is 1. The fraction of sp³-hybridized carbons (Fsp3) is 0.385. The van der Waals surface area contributed by atoms with Gasteiger partial charge in [0, 0.05) is 37.9 Å². The minimum atomic E-state index is -0.287. The van der Waals surface area contributed by atoms with Crippen molar-refractivity contribution >= 4 is 5.82 Å². The molecule has 1 aliphatic heterocycles. The molecule has 0 radical (unpaired) electrons. The van der Waals surface area contributed by atoms with Crippen molar-refractivity contribution in [3.8, 4) is 0 Å². The summed E-state index contributed by atoms with van der Waals surface area (Å²) in [5, 5.41) is 0. The molecule has 2 aromatic heterocycles. The highest BCUT2D eigenvalue weighted by atomic mass is 19.1. The first kappa shape index (κ1) is 11.2. The topological polar surface area (TPSA) is 34.0 Å². The zero-order valence-corrected chi connectivity index (χ0v) is 10.3. The van der Waals surface area contributed by atoms with Crippen LogP contribution in [-0.4, -0.2) is 27.6 Å². The Morgan fingerprint density at radius 3 is 2.78 bits per heavy atom. The van der Waals surface area contributed by atoms with Crippen molar-refractivity contribution in [2.75, 3.05) is 18.0 Å². The van der Waals surface area contributed by atoms with E-state index in [2.05, 4.69) is 19.4 Å². The van der Waals surface area contributed by atoms with E-state index in [1.165, 1.54) is 12.3 Å². The monoisotopic (exact) mass is 246 g/mol. The first-order valence-electron chi connectivity index (χ1n) is 6.06. The molecule has 0 bridgehead atoms. The van der Waals surface area contributed by atoms with Crippen molar-refractivity contribution < 1.29 is 4.39 Å². The molecule has 94 valence electrons. The van der Waals surface area contributed by atoms with Gasteiger partial charge in [-0.25, -0.2) is 14.4 Å². The molecule has 0 saturated carbocycles. The molecule has 0 aromatic carbocycles. The van der Waals surface area contributed by atoms with Gasteiger partial charge >= 0.3 is 0 Å². The molecule has 5 heteroatoms. The highest BCUT2D eigenvalue weighted by Crippen LogP contribution is 2.24.